The van der Waals surface area contributed by atoms with Crippen LogP contribution in [0.1, 0.15) is 69.7 Å². The average molecular weight is 407 g/mol. The molecule has 29 heavy (non-hydrogen) atoms. The standard InChI is InChI=1S/C22H34N2O5/c1-22(2,3)29-20(25)11-12-27-13-14-28-21(26)16-9-10-19(18(23)15-16)24-17-7-5-4-6-8-17/h9-10,15,17,24H,4-8,11-14,23H2,1-3H3. The summed E-state index contributed by atoms with van der Waals surface area (Å²) >= 11 is 0. The number of nitrogens with one attached hydrogen (secondary N) is 1. The number of hydrogen-bond donors (Lipinski definition) is 2. The van der Waals surface area contributed by atoms with E-state index in [-0.39, 0.29) is 32.2 Å². The highest BCUT2D eigenvalue weighted by molar-refractivity contribution is 5.92. The van der Waals surface area contributed by atoms with Gasteiger partial charge in [0.1, 0.15) is 12.2 Å². The zero-order valence-corrected chi connectivity index (χ0v) is 17.8. The van der Waals surface area contributed by atoms with Crippen LogP contribution >= 0.6 is 0 Å². The van der Waals surface area contributed by atoms with Crippen LogP contribution in [0.4, 0.5) is 11.4 Å². The smallest absolute Gasteiger partial charge is 0.338 e. The van der Waals surface area contributed by atoms with E-state index in [4.69, 9.17) is 19.9 Å². The molecule has 0 amide bonds. The predicted octanol–water partition coefficient (Wildman–Crippen LogP) is 3.92. The van der Waals surface area contributed by atoms with E-state index >= 15 is 0 Å². The Bertz CT molecular complexity index is 678. The maximum Gasteiger partial charge on any atom is 0.338 e. The normalized spacial score (nSPS) is 15.0. The summed E-state index contributed by atoms with van der Waals surface area (Å²) in [4.78, 5) is 23.7. The Morgan fingerprint density at radius 1 is 1.10 bits per heavy atom. The van der Waals surface area contributed by atoms with Crippen LogP contribution in [0.5, 0.6) is 0 Å². The number of ether oxygens (including phenoxy) is 3. The number of anilines is 2. The van der Waals surface area contributed by atoms with Gasteiger partial charge in [0.2, 0.25) is 0 Å². The van der Waals surface area contributed by atoms with Crippen molar-refractivity contribution in [3.05, 3.63) is 23.8 Å². The van der Waals surface area contributed by atoms with Gasteiger partial charge < -0.3 is 25.3 Å². The van der Waals surface area contributed by atoms with Gasteiger partial charge in [-0.25, -0.2) is 4.79 Å². The highest BCUT2D eigenvalue weighted by Crippen LogP contribution is 2.26. The molecule has 3 N–H and O–H groups in total. The molecule has 0 aromatic heterocycles. The predicted molar refractivity (Wildman–Crippen MR) is 113 cm³/mol. The Kier molecular flexibility index (Phi) is 8.76. The van der Waals surface area contributed by atoms with Crippen molar-refractivity contribution in [2.24, 2.45) is 0 Å². The van der Waals surface area contributed by atoms with Gasteiger partial charge in [-0.15, -0.1) is 0 Å². The number of benzene rings is 1. The zero-order chi connectivity index (χ0) is 21.3. The van der Waals surface area contributed by atoms with Crippen molar-refractivity contribution in [3.63, 3.8) is 0 Å². The molecule has 0 heterocycles. The van der Waals surface area contributed by atoms with E-state index in [1.807, 2.05) is 26.8 Å². The third kappa shape index (κ3) is 8.73. The molecule has 7 nitrogen and oxygen atoms in total. The second-order valence-corrected chi connectivity index (χ2v) is 8.37. The molecule has 0 bridgehead atoms. The van der Waals surface area contributed by atoms with Crippen LogP contribution < -0.4 is 11.1 Å². The first-order valence-electron chi connectivity index (χ1n) is 10.4. The van der Waals surface area contributed by atoms with Crippen LogP contribution in [0.2, 0.25) is 0 Å². The third-order valence-corrected chi connectivity index (χ3v) is 4.58. The van der Waals surface area contributed by atoms with Crippen LogP contribution in [0, 0.1) is 0 Å². The highest BCUT2D eigenvalue weighted by atomic mass is 16.6. The second-order valence-electron chi connectivity index (χ2n) is 8.37. The van der Waals surface area contributed by atoms with Crippen molar-refractivity contribution in [3.8, 4) is 0 Å². The van der Waals surface area contributed by atoms with E-state index in [0.717, 1.165) is 18.5 Å². The number of carbonyl (C=O) groups is 2. The van der Waals surface area contributed by atoms with Gasteiger partial charge in [0.15, 0.2) is 0 Å². The molecule has 0 aliphatic heterocycles. The van der Waals surface area contributed by atoms with Gasteiger partial charge in [0.05, 0.1) is 36.6 Å². The van der Waals surface area contributed by atoms with Crippen molar-refractivity contribution in [1.29, 1.82) is 0 Å². The molecule has 0 saturated heterocycles. The molecular formula is C22H34N2O5. The Morgan fingerprint density at radius 2 is 1.83 bits per heavy atom. The van der Waals surface area contributed by atoms with Crippen molar-refractivity contribution < 1.29 is 23.8 Å². The highest BCUT2D eigenvalue weighted by Gasteiger charge is 2.17. The molecule has 2 rings (SSSR count). The molecule has 1 aromatic carbocycles. The first kappa shape index (κ1) is 23.0. The number of nitrogen functional groups attached to an aromatic ring is 1. The first-order chi connectivity index (χ1) is 13.7. The van der Waals surface area contributed by atoms with Crippen LogP contribution in [0.15, 0.2) is 18.2 Å². The molecule has 1 aliphatic carbocycles. The summed E-state index contributed by atoms with van der Waals surface area (Å²) in [6.07, 6.45) is 6.23. The fourth-order valence-electron chi connectivity index (χ4n) is 3.21. The molecule has 0 spiro atoms. The van der Waals surface area contributed by atoms with E-state index in [9.17, 15) is 9.59 Å². The SMILES string of the molecule is CC(C)(C)OC(=O)CCOCCOC(=O)c1ccc(NC2CCCCC2)c(N)c1. The lowest BCUT2D eigenvalue weighted by atomic mass is 9.95. The van der Waals surface area contributed by atoms with E-state index in [0.29, 0.717) is 17.3 Å². The van der Waals surface area contributed by atoms with Gasteiger partial charge in [0.25, 0.3) is 0 Å². The lowest BCUT2D eigenvalue weighted by molar-refractivity contribution is -0.156. The summed E-state index contributed by atoms with van der Waals surface area (Å²) < 4.78 is 15.7. The second kappa shape index (κ2) is 11.0. The number of rotatable bonds is 9. The maximum absolute atomic E-state index is 12.2. The van der Waals surface area contributed by atoms with Crippen LogP contribution in [-0.2, 0) is 19.0 Å². The maximum atomic E-state index is 12.2. The summed E-state index contributed by atoms with van der Waals surface area (Å²) in [6, 6.07) is 5.63. The molecule has 162 valence electrons. The summed E-state index contributed by atoms with van der Waals surface area (Å²) in [5, 5.41) is 3.47. The molecule has 0 radical (unpaired) electrons. The molecule has 0 unspecified atom stereocenters. The first-order valence-corrected chi connectivity index (χ1v) is 10.4. The van der Waals surface area contributed by atoms with Crippen LogP contribution in [0.25, 0.3) is 0 Å². The number of hydrogen-bond acceptors (Lipinski definition) is 7. The number of esters is 2. The monoisotopic (exact) mass is 406 g/mol. The molecule has 7 heteroatoms. The van der Waals surface area contributed by atoms with Crippen molar-refractivity contribution >= 4 is 23.3 Å². The summed E-state index contributed by atoms with van der Waals surface area (Å²) in [5.41, 5.74) is 7.41. The van der Waals surface area contributed by atoms with E-state index < -0.39 is 11.6 Å². The molecule has 1 fully saturated rings. The van der Waals surface area contributed by atoms with Gasteiger partial charge in [-0.3, -0.25) is 4.79 Å². The summed E-state index contributed by atoms with van der Waals surface area (Å²) in [6.45, 7) is 5.99. The van der Waals surface area contributed by atoms with Gasteiger partial charge in [-0.2, -0.15) is 0 Å². The molecule has 1 aromatic rings. The van der Waals surface area contributed by atoms with E-state index in [1.165, 1.54) is 19.3 Å². The minimum Gasteiger partial charge on any atom is -0.460 e. The topological polar surface area (TPSA) is 99.9 Å². The quantitative estimate of drug-likeness (QED) is 0.364. The van der Waals surface area contributed by atoms with Crippen molar-refractivity contribution in [2.75, 3.05) is 30.9 Å². The minimum absolute atomic E-state index is 0.106. The van der Waals surface area contributed by atoms with Crippen molar-refractivity contribution in [2.45, 2.75) is 70.9 Å². The molecule has 0 atom stereocenters. The molecule has 1 aliphatic rings. The van der Waals surface area contributed by atoms with E-state index in [2.05, 4.69) is 5.32 Å². The van der Waals surface area contributed by atoms with Crippen LogP contribution in [-0.4, -0.2) is 43.4 Å². The Balaban J connectivity index is 1.67. The van der Waals surface area contributed by atoms with Gasteiger partial charge in [-0.1, -0.05) is 19.3 Å². The van der Waals surface area contributed by atoms with Gasteiger partial charge in [-0.05, 0) is 51.8 Å². The fourth-order valence-corrected chi connectivity index (χ4v) is 3.21. The summed E-state index contributed by atoms with van der Waals surface area (Å²) in [7, 11) is 0. The van der Waals surface area contributed by atoms with Crippen molar-refractivity contribution in [1.82, 2.24) is 0 Å². The van der Waals surface area contributed by atoms with Gasteiger partial charge in [0, 0.05) is 6.04 Å². The summed E-state index contributed by atoms with van der Waals surface area (Å²) in [5.74, 6) is -0.761. The largest absolute Gasteiger partial charge is 0.460 e. The minimum atomic E-state index is -0.504. The van der Waals surface area contributed by atoms with Crippen LogP contribution in [0.3, 0.4) is 0 Å². The lowest BCUT2D eigenvalue weighted by Gasteiger charge is -2.24. The Hall–Kier alpha value is -2.28. The zero-order valence-electron chi connectivity index (χ0n) is 17.8. The average Bonchev–Trinajstić information content (AvgIpc) is 2.65. The fraction of sp³-hybridized carbons (Fsp3) is 0.636. The Morgan fingerprint density at radius 3 is 2.48 bits per heavy atom. The lowest BCUT2D eigenvalue weighted by Crippen LogP contribution is -2.24. The third-order valence-electron chi connectivity index (χ3n) is 4.58. The molecule has 1 saturated carbocycles. The number of nitrogens with two attached hydrogens (primary N) is 1. The Labute approximate surface area is 173 Å². The van der Waals surface area contributed by atoms with Gasteiger partial charge >= 0.3 is 11.9 Å². The molecular weight excluding hydrogens is 372 g/mol. The number of carbonyl (C=O) groups excluding carboxylic acids is 2. The van der Waals surface area contributed by atoms with E-state index in [1.54, 1.807) is 12.1 Å².